The number of hydrogen-bond acceptors (Lipinski definition) is 0. The predicted octanol–water partition coefficient (Wildman–Crippen LogP) is 7.29. The summed E-state index contributed by atoms with van der Waals surface area (Å²) in [6, 6.07) is 22.4. The third-order valence-electron chi connectivity index (χ3n) is 5.53. The van der Waals surface area contributed by atoms with Gasteiger partial charge in [-0.1, -0.05) is 0 Å². The maximum atomic E-state index is 2.48. The molecule has 0 amide bonds. The Morgan fingerprint density at radius 2 is 1.00 bits per heavy atom. The van der Waals surface area contributed by atoms with Crippen molar-refractivity contribution in [2.24, 2.45) is 0 Å². The van der Waals surface area contributed by atoms with Crippen molar-refractivity contribution in [3.8, 4) is 0 Å². The van der Waals surface area contributed by atoms with Crippen molar-refractivity contribution in [1.29, 1.82) is 0 Å². The van der Waals surface area contributed by atoms with Crippen LogP contribution in [0.25, 0.3) is 8.81 Å². The van der Waals surface area contributed by atoms with E-state index in [1.165, 1.54) is 47.3 Å². The molecule has 2 aromatic carbocycles. The van der Waals surface area contributed by atoms with Gasteiger partial charge in [0.1, 0.15) is 0 Å². The molecule has 2 aromatic rings. The number of rotatable bonds is 8. The van der Waals surface area contributed by atoms with E-state index in [1.807, 2.05) is 0 Å². The number of unbranched alkanes of at least 4 members (excludes halogenated alkanes) is 2. The van der Waals surface area contributed by atoms with Crippen LogP contribution in [0.3, 0.4) is 0 Å². The Balaban J connectivity index is 2.07. The van der Waals surface area contributed by atoms with Crippen molar-refractivity contribution in [3.63, 3.8) is 0 Å². The fourth-order valence-electron chi connectivity index (χ4n) is 4.23. The average Bonchev–Trinajstić information content (AvgIpc) is 3.05. The standard InChI is InChI=1S/C24H30Ge/c1-3-5-19-25(20-6-4-2)23(21-13-9-7-10-14-21)17-18-24(25)22-15-11-8-12-16-22/h7-18H,3-6,19-20H2,1-2H3. The number of allylic oxidation sites excluding steroid dienone is 2. The van der Waals surface area contributed by atoms with Gasteiger partial charge in [0.25, 0.3) is 0 Å². The minimum absolute atomic E-state index is 1.29. The molecule has 0 saturated carbocycles. The Labute approximate surface area is 156 Å². The van der Waals surface area contributed by atoms with Gasteiger partial charge < -0.3 is 0 Å². The number of benzene rings is 2. The van der Waals surface area contributed by atoms with Gasteiger partial charge in [-0.25, -0.2) is 0 Å². The van der Waals surface area contributed by atoms with Crippen molar-refractivity contribution < 1.29 is 0 Å². The van der Waals surface area contributed by atoms with E-state index in [0.29, 0.717) is 0 Å². The molecule has 0 saturated heterocycles. The van der Waals surface area contributed by atoms with Gasteiger partial charge in [-0.3, -0.25) is 0 Å². The van der Waals surface area contributed by atoms with Crippen LogP contribution in [0.4, 0.5) is 0 Å². The molecule has 1 aliphatic rings. The summed E-state index contributed by atoms with van der Waals surface area (Å²) >= 11 is -2.34. The second-order valence-corrected chi connectivity index (χ2v) is 16.1. The summed E-state index contributed by atoms with van der Waals surface area (Å²) in [6.45, 7) is 4.67. The van der Waals surface area contributed by atoms with Crippen LogP contribution in [0.1, 0.15) is 50.7 Å². The molecule has 0 N–H and O–H groups in total. The van der Waals surface area contributed by atoms with E-state index >= 15 is 0 Å². The Hall–Kier alpha value is -1.54. The quantitative estimate of drug-likeness (QED) is 0.415. The Bertz CT molecular complexity index is 660. The van der Waals surface area contributed by atoms with E-state index in [-0.39, 0.29) is 0 Å². The molecule has 0 spiro atoms. The summed E-state index contributed by atoms with van der Waals surface area (Å²) in [5.41, 5.74) is 2.94. The molecular weight excluding hydrogens is 361 g/mol. The fraction of sp³-hybridized carbons (Fsp3) is 0.333. The monoisotopic (exact) mass is 392 g/mol. The SMILES string of the molecule is CCC[CH2][Ge]1([CH2]CCC)[C](c2ccccc2)=CC=[C]1c1ccccc1. The van der Waals surface area contributed by atoms with Crippen molar-refractivity contribution in [1.82, 2.24) is 0 Å². The van der Waals surface area contributed by atoms with Crippen molar-refractivity contribution in [3.05, 3.63) is 83.9 Å². The van der Waals surface area contributed by atoms with E-state index in [2.05, 4.69) is 86.7 Å². The summed E-state index contributed by atoms with van der Waals surface area (Å²) < 4.78 is 3.42. The summed E-state index contributed by atoms with van der Waals surface area (Å²) in [4.78, 5) is 0. The van der Waals surface area contributed by atoms with Gasteiger partial charge in [-0.05, 0) is 0 Å². The average molecular weight is 391 g/mol. The van der Waals surface area contributed by atoms with Crippen LogP contribution in [-0.2, 0) is 0 Å². The molecule has 130 valence electrons. The molecule has 25 heavy (non-hydrogen) atoms. The van der Waals surface area contributed by atoms with Gasteiger partial charge in [-0.2, -0.15) is 0 Å². The van der Waals surface area contributed by atoms with Gasteiger partial charge in [0.15, 0.2) is 0 Å². The van der Waals surface area contributed by atoms with Gasteiger partial charge in [0, 0.05) is 0 Å². The molecule has 0 nitrogen and oxygen atoms in total. The normalized spacial score (nSPS) is 15.8. The molecule has 0 aliphatic carbocycles. The van der Waals surface area contributed by atoms with E-state index in [9.17, 15) is 0 Å². The molecule has 0 fully saturated rings. The van der Waals surface area contributed by atoms with Crippen LogP contribution in [0.15, 0.2) is 72.8 Å². The molecule has 0 unspecified atom stereocenters. The first-order valence-corrected chi connectivity index (χ1v) is 14.9. The van der Waals surface area contributed by atoms with Crippen LogP contribution >= 0.6 is 0 Å². The molecule has 0 aromatic heterocycles. The van der Waals surface area contributed by atoms with Crippen LogP contribution in [0.2, 0.25) is 10.5 Å². The van der Waals surface area contributed by atoms with E-state index in [0.717, 1.165) is 0 Å². The molecule has 0 atom stereocenters. The first kappa shape index (κ1) is 18.3. The van der Waals surface area contributed by atoms with Crippen molar-refractivity contribution >= 4 is 22.1 Å². The molecule has 1 heteroatoms. The zero-order valence-electron chi connectivity index (χ0n) is 15.7. The first-order valence-electron chi connectivity index (χ1n) is 9.85. The number of hydrogen-bond donors (Lipinski definition) is 0. The summed E-state index contributed by atoms with van der Waals surface area (Å²) in [6.07, 6.45) is 10.3. The summed E-state index contributed by atoms with van der Waals surface area (Å²) in [5.74, 6) is 0. The summed E-state index contributed by atoms with van der Waals surface area (Å²) in [5, 5.41) is 2.86. The molecule has 0 radical (unpaired) electrons. The molecule has 1 heterocycles. The van der Waals surface area contributed by atoms with Crippen molar-refractivity contribution in [2.45, 2.75) is 50.0 Å². The van der Waals surface area contributed by atoms with E-state index < -0.39 is 13.3 Å². The third-order valence-corrected chi connectivity index (χ3v) is 16.8. The molecular formula is C24H30Ge. The molecule has 1 aliphatic heterocycles. The molecule has 0 bridgehead atoms. The summed E-state index contributed by atoms with van der Waals surface area (Å²) in [7, 11) is 0. The van der Waals surface area contributed by atoms with Crippen LogP contribution in [-0.4, -0.2) is 13.3 Å². The van der Waals surface area contributed by atoms with E-state index in [4.69, 9.17) is 0 Å². The first-order chi connectivity index (χ1) is 12.3. The Morgan fingerprint density at radius 3 is 1.36 bits per heavy atom. The third kappa shape index (κ3) is 3.84. The second kappa shape index (κ2) is 8.71. The van der Waals surface area contributed by atoms with Gasteiger partial charge in [0.05, 0.1) is 0 Å². The minimum atomic E-state index is -2.34. The zero-order valence-corrected chi connectivity index (χ0v) is 17.8. The van der Waals surface area contributed by atoms with Crippen LogP contribution < -0.4 is 0 Å². The Kier molecular flexibility index (Phi) is 6.36. The second-order valence-electron chi connectivity index (χ2n) is 7.18. The van der Waals surface area contributed by atoms with E-state index in [1.54, 1.807) is 8.81 Å². The zero-order chi connectivity index (χ0) is 17.5. The fourth-order valence-corrected chi connectivity index (χ4v) is 16.3. The topological polar surface area (TPSA) is 0 Å². The van der Waals surface area contributed by atoms with Gasteiger partial charge in [-0.15, -0.1) is 0 Å². The van der Waals surface area contributed by atoms with Gasteiger partial charge in [0.2, 0.25) is 0 Å². The van der Waals surface area contributed by atoms with Crippen molar-refractivity contribution in [2.75, 3.05) is 0 Å². The van der Waals surface area contributed by atoms with Crippen LogP contribution in [0.5, 0.6) is 0 Å². The van der Waals surface area contributed by atoms with Gasteiger partial charge >= 0.3 is 156 Å². The molecule has 3 rings (SSSR count). The predicted molar refractivity (Wildman–Crippen MR) is 114 cm³/mol. The maximum absolute atomic E-state index is 2.48. The van der Waals surface area contributed by atoms with Crippen LogP contribution in [0, 0.1) is 0 Å². The Morgan fingerprint density at radius 1 is 0.600 bits per heavy atom.